The molecule has 0 aromatic carbocycles. The summed E-state index contributed by atoms with van der Waals surface area (Å²) in [5, 5.41) is 8.88. The quantitative estimate of drug-likeness (QED) is 0.597. The number of rotatable bonds is 12. The van der Waals surface area contributed by atoms with Crippen LogP contribution in [-0.2, 0) is 9.59 Å². The normalized spacial score (nSPS) is 10.8. The zero-order chi connectivity index (χ0) is 15.4. The van der Waals surface area contributed by atoms with E-state index < -0.39 is 5.97 Å². The summed E-state index contributed by atoms with van der Waals surface area (Å²) < 4.78 is 0. The minimum Gasteiger partial charge on any atom is -0.480 e. The van der Waals surface area contributed by atoms with Crippen LogP contribution in [0.15, 0.2) is 0 Å². The molecule has 118 valence electrons. The lowest BCUT2D eigenvalue weighted by Gasteiger charge is -2.26. The van der Waals surface area contributed by atoms with Crippen LogP contribution in [0.5, 0.6) is 0 Å². The Balaban J connectivity index is 4.46. The number of nitrogens with zero attached hydrogens (tertiary/aromatic N) is 2. The third kappa shape index (κ3) is 8.91. The molecule has 5 nitrogen and oxygen atoms in total. The molecule has 0 fully saturated rings. The van der Waals surface area contributed by atoms with Gasteiger partial charge in [-0.3, -0.25) is 14.5 Å². The first-order valence-electron chi connectivity index (χ1n) is 7.77. The van der Waals surface area contributed by atoms with Crippen LogP contribution in [-0.4, -0.2) is 59.5 Å². The number of amides is 1. The molecule has 0 bridgehead atoms. The fourth-order valence-electron chi connectivity index (χ4n) is 2.07. The molecule has 0 spiro atoms. The van der Waals surface area contributed by atoms with E-state index in [1.807, 2.05) is 11.8 Å². The van der Waals surface area contributed by atoms with Gasteiger partial charge < -0.3 is 10.0 Å². The molecule has 0 rings (SSSR count). The first-order valence-corrected chi connectivity index (χ1v) is 7.77. The molecule has 0 atom stereocenters. The Morgan fingerprint density at radius 3 is 1.80 bits per heavy atom. The zero-order valence-corrected chi connectivity index (χ0v) is 13.2. The average Bonchev–Trinajstić information content (AvgIpc) is 2.38. The highest BCUT2D eigenvalue weighted by atomic mass is 16.4. The second kappa shape index (κ2) is 11.7. The van der Waals surface area contributed by atoms with E-state index >= 15 is 0 Å². The van der Waals surface area contributed by atoms with Gasteiger partial charge >= 0.3 is 5.97 Å². The highest BCUT2D eigenvalue weighted by molar-refractivity contribution is 5.79. The van der Waals surface area contributed by atoms with E-state index in [0.29, 0.717) is 6.54 Å². The van der Waals surface area contributed by atoms with Crippen molar-refractivity contribution in [2.24, 2.45) is 0 Å². The molecule has 0 heterocycles. The van der Waals surface area contributed by atoms with Crippen molar-refractivity contribution >= 4 is 11.9 Å². The van der Waals surface area contributed by atoms with Crippen LogP contribution in [0.1, 0.15) is 52.9 Å². The van der Waals surface area contributed by atoms with Crippen LogP contribution in [0.4, 0.5) is 0 Å². The van der Waals surface area contributed by atoms with Crippen LogP contribution in [0.3, 0.4) is 0 Å². The van der Waals surface area contributed by atoms with Gasteiger partial charge in [-0.25, -0.2) is 0 Å². The summed E-state index contributed by atoms with van der Waals surface area (Å²) in [6.45, 7) is 8.57. The Labute approximate surface area is 122 Å². The standard InChI is InChI=1S/C15H30N2O3/c1-4-7-10-17(11-8-5-2)14(18)12-16(9-6-3)13-15(19)20/h4-13H2,1-3H3,(H,19,20). The maximum atomic E-state index is 12.3. The maximum Gasteiger partial charge on any atom is 0.317 e. The second-order valence-electron chi connectivity index (χ2n) is 5.19. The monoisotopic (exact) mass is 286 g/mol. The van der Waals surface area contributed by atoms with E-state index in [1.54, 1.807) is 4.90 Å². The molecule has 0 aliphatic rings. The van der Waals surface area contributed by atoms with E-state index in [1.165, 1.54) is 0 Å². The van der Waals surface area contributed by atoms with Gasteiger partial charge in [0.15, 0.2) is 0 Å². The van der Waals surface area contributed by atoms with Gasteiger partial charge in [-0.1, -0.05) is 33.6 Å². The van der Waals surface area contributed by atoms with Crippen molar-refractivity contribution in [2.45, 2.75) is 52.9 Å². The molecule has 0 unspecified atom stereocenters. The van der Waals surface area contributed by atoms with E-state index in [0.717, 1.165) is 45.2 Å². The summed E-state index contributed by atoms with van der Waals surface area (Å²) in [5.41, 5.74) is 0. The Morgan fingerprint density at radius 2 is 1.40 bits per heavy atom. The van der Waals surface area contributed by atoms with Crippen LogP contribution in [0, 0.1) is 0 Å². The van der Waals surface area contributed by atoms with E-state index in [9.17, 15) is 9.59 Å². The van der Waals surface area contributed by atoms with Crippen molar-refractivity contribution in [3.05, 3.63) is 0 Å². The van der Waals surface area contributed by atoms with Gasteiger partial charge in [0.1, 0.15) is 0 Å². The fraction of sp³-hybridized carbons (Fsp3) is 0.867. The highest BCUT2D eigenvalue weighted by Gasteiger charge is 2.18. The van der Waals surface area contributed by atoms with Gasteiger partial charge in [-0.2, -0.15) is 0 Å². The molecule has 0 aromatic rings. The molecule has 0 radical (unpaired) electrons. The number of aliphatic carboxylic acids is 1. The first-order chi connectivity index (χ1) is 9.54. The zero-order valence-electron chi connectivity index (χ0n) is 13.2. The first kappa shape index (κ1) is 18.9. The molecular weight excluding hydrogens is 256 g/mol. The van der Waals surface area contributed by atoms with Gasteiger partial charge in [0.25, 0.3) is 0 Å². The number of carbonyl (C=O) groups excluding carboxylic acids is 1. The number of carbonyl (C=O) groups is 2. The molecule has 0 saturated heterocycles. The molecule has 0 aliphatic carbocycles. The molecular formula is C15H30N2O3. The molecule has 0 saturated carbocycles. The maximum absolute atomic E-state index is 12.3. The van der Waals surface area contributed by atoms with E-state index in [2.05, 4.69) is 13.8 Å². The Hall–Kier alpha value is -1.10. The predicted octanol–water partition coefficient (Wildman–Crippen LogP) is 2.21. The van der Waals surface area contributed by atoms with Crippen molar-refractivity contribution in [1.82, 2.24) is 9.80 Å². The average molecular weight is 286 g/mol. The number of carboxylic acid groups (broad SMARTS) is 1. The van der Waals surface area contributed by atoms with Crippen molar-refractivity contribution in [3.8, 4) is 0 Å². The minimum absolute atomic E-state index is 0.0570. The van der Waals surface area contributed by atoms with Gasteiger partial charge in [-0.05, 0) is 25.8 Å². The van der Waals surface area contributed by atoms with Crippen LogP contribution in [0.25, 0.3) is 0 Å². The van der Waals surface area contributed by atoms with Crippen LogP contribution < -0.4 is 0 Å². The number of carboxylic acids is 1. The molecule has 0 aromatic heterocycles. The summed E-state index contributed by atoms with van der Waals surface area (Å²) in [4.78, 5) is 26.7. The molecule has 5 heteroatoms. The van der Waals surface area contributed by atoms with Crippen LogP contribution >= 0.6 is 0 Å². The molecule has 0 aliphatic heterocycles. The molecule has 1 N–H and O–H groups in total. The lowest BCUT2D eigenvalue weighted by atomic mass is 10.2. The van der Waals surface area contributed by atoms with Crippen molar-refractivity contribution in [2.75, 3.05) is 32.7 Å². The lowest BCUT2D eigenvalue weighted by Crippen LogP contribution is -2.43. The Kier molecular flexibility index (Phi) is 11.1. The van der Waals surface area contributed by atoms with E-state index in [4.69, 9.17) is 5.11 Å². The minimum atomic E-state index is -0.875. The number of unbranched alkanes of at least 4 members (excludes halogenated alkanes) is 2. The third-order valence-electron chi connectivity index (χ3n) is 3.17. The summed E-state index contributed by atoms with van der Waals surface area (Å²) in [6.07, 6.45) is 4.97. The lowest BCUT2D eigenvalue weighted by molar-refractivity contribution is -0.139. The van der Waals surface area contributed by atoms with Crippen molar-refractivity contribution < 1.29 is 14.7 Å². The van der Waals surface area contributed by atoms with Crippen LogP contribution in [0.2, 0.25) is 0 Å². The summed E-state index contributed by atoms with van der Waals surface area (Å²) in [6, 6.07) is 0. The fourth-order valence-corrected chi connectivity index (χ4v) is 2.07. The summed E-state index contributed by atoms with van der Waals surface area (Å²) >= 11 is 0. The SMILES string of the molecule is CCCCN(CCCC)C(=O)CN(CCC)CC(=O)O. The highest BCUT2D eigenvalue weighted by Crippen LogP contribution is 2.02. The third-order valence-corrected chi connectivity index (χ3v) is 3.17. The van der Waals surface area contributed by atoms with E-state index in [-0.39, 0.29) is 19.0 Å². The predicted molar refractivity (Wildman–Crippen MR) is 80.8 cm³/mol. The molecule has 1 amide bonds. The van der Waals surface area contributed by atoms with Crippen molar-refractivity contribution in [3.63, 3.8) is 0 Å². The van der Waals surface area contributed by atoms with Gasteiger partial charge in [-0.15, -0.1) is 0 Å². The largest absolute Gasteiger partial charge is 0.480 e. The summed E-state index contributed by atoms with van der Waals surface area (Å²) in [5.74, 6) is -0.818. The topological polar surface area (TPSA) is 60.9 Å². The second-order valence-corrected chi connectivity index (χ2v) is 5.19. The number of hydrogen-bond acceptors (Lipinski definition) is 3. The van der Waals surface area contributed by atoms with Gasteiger partial charge in [0.2, 0.25) is 5.91 Å². The molecule has 20 heavy (non-hydrogen) atoms. The Morgan fingerprint density at radius 1 is 0.850 bits per heavy atom. The Bertz CT molecular complexity index is 274. The van der Waals surface area contributed by atoms with Gasteiger partial charge in [0.05, 0.1) is 13.1 Å². The van der Waals surface area contributed by atoms with Crippen molar-refractivity contribution in [1.29, 1.82) is 0 Å². The smallest absolute Gasteiger partial charge is 0.317 e. The number of hydrogen-bond donors (Lipinski definition) is 1. The van der Waals surface area contributed by atoms with Gasteiger partial charge in [0, 0.05) is 13.1 Å². The summed E-state index contributed by atoms with van der Waals surface area (Å²) in [7, 11) is 0.